The van der Waals surface area contributed by atoms with E-state index in [2.05, 4.69) is 49.9 Å². The van der Waals surface area contributed by atoms with Gasteiger partial charge in [0.15, 0.2) is 0 Å². The van der Waals surface area contributed by atoms with Crippen molar-refractivity contribution < 1.29 is 0 Å². The molecule has 0 fully saturated rings. The molecule has 0 aliphatic rings. The van der Waals surface area contributed by atoms with Crippen LogP contribution in [0, 0.1) is 6.92 Å². The smallest absolute Gasteiger partial charge is 0.0395 e. The second kappa shape index (κ2) is 9.89. The summed E-state index contributed by atoms with van der Waals surface area (Å²) in [6, 6.07) is 8.80. The Morgan fingerprint density at radius 2 is 1.42 bits per heavy atom. The topological polar surface area (TPSA) is 3.24 Å². The SMILES string of the molecule is CCCCCCCN(CCCC)c1ccccc1C. The summed E-state index contributed by atoms with van der Waals surface area (Å²) in [5, 5.41) is 0. The molecule has 0 aromatic heterocycles. The summed E-state index contributed by atoms with van der Waals surface area (Å²) in [5.74, 6) is 0. The number of hydrogen-bond acceptors (Lipinski definition) is 1. The molecule has 0 amide bonds. The molecule has 108 valence electrons. The Hall–Kier alpha value is -0.980. The minimum absolute atomic E-state index is 1.20. The molecule has 0 spiro atoms. The largest absolute Gasteiger partial charge is 0.371 e. The number of nitrogens with zero attached hydrogens (tertiary/aromatic N) is 1. The summed E-state index contributed by atoms with van der Waals surface area (Å²) < 4.78 is 0. The maximum atomic E-state index is 2.59. The highest BCUT2D eigenvalue weighted by Gasteiger charge is 2.07. The zero-order valence-corrected chi connectivity index (χ0v) is 13.1. The van der Waals surface area contributed by atoms with Crippen LogP contribution in [0.4, 0.5) is 5.69 Å². The number of anilines is 1. The van der Waals surface area contributed by atoms with Gasteiger partial charge in [-0.25, -0.2) is 0 Å². The van der Waals surface area contributed by atoms with Gasteiger partial charge in [0.05, 0.1) is 0 Å². The van der Waals surface area contributed by atoms with Crippen LogP contribution in [0.15, 0.2) is 24.3 Å². The lowest BCUT2D eigenvalue weighted by atomic mass is 10.1. The average Bonchev–Trinajstić information content (AvgIpc) is 2.43. The first-order chi connectivity index (χ1) is 9.29. The molecule has 0 aliphatic heterocycles. The number of hydrogen-bond donors (Lipinski definition) is 0. The molecule has 1 rings (SSSR count). The molecule has 1 heteroatoms. The summed E-state index contributed by atoms with van der Waals surface area (Å²) >= 11 is 0. The average molecular weight is 261 g/mol. The summed E-state index contributed by atoms with van der Waals surface area (Å²) in [7, 11) is 0. The Labute approximate surface area is 120 Å². The van der Waals surface area contributed by atoms with Crippen molar-refractivity contribution >= 4 is 5.69 Å². The molecular formula is C18H31N. The molecule has 0 atom stereocenters. The Bertz CT molecular complexity index is 332. The van der Waals surface area contributed by atoms with E-state index in [1.165, 1.54) is 69.3 Å². The van der Waals surface area contributed by atoms with E-state index in [9.17, 15) is 0 Å². The summed E-state index contributed by atoms with van der Waals surface area (Å²) in [6.07, 6.45) is 9.39. The Balaban J connectivity index is 2.49. The van der Waals surface area contributed by atoms with Crippen LogP contribution in [0.1, 0.15) is 64.4 Å². The Morgan fingerprint density at radius 3 is 2.11 bits per heavy atom. The monoisotopic (exact) mass is 261 g/mol. The van der Waals surface area contributed by atoms with Gasteiger partial charge in [-0.2, -0.15) is 0 Å². The van der Waals surface area contributed by atoms with Crippen molar-refractivity contribution in [2.24, 2.45) is 0 Å². The van der Waals surface area contributed by atoms with Crippen LogP contribution < -0.4 is 4.90 Å². The molecular weight excluding hydrogens is 230 g/mol. The molecule has 0 radical (unpaired) electrons. The van der Waals surface area contributed by atoms with Gasteiger partial charge in [-0.3, -0.25) is 0 Å². The van der Waals surface area contributed by atoms with Gasteiger partial charge in [0.2, 0.25) is 0 Å². The van der Waals surface area contributed by atoms with Gasteiger partial charge < -0.3 is 4.90 Å². The van der Waals surface area contributed by atoms with Gasteiger partial charge in [-0.15, -0.1) is 0 Å². The molecule has 19 heavy (non-hydrogen) atoms. The third-order valence-electron chi connectivity index (χ3n) is 3.77. The number of rotatable bonds is 10. The maximum absolute atomic E-state index is 2.59. The predicted molar refractivity (Wildman–Crippen MR) is 87.1 cm³/mol. The van der Waals surface area contributed by atoms with Crippen LogP contribution in [0.25, 0.3) is 0 Å². The molecule has 0 N–H and O–H groups in total. The zero-order chi connectivity index (χ0) is 13.9. The summed E-state index contributed by atoms with van der Waals surface area (Å²) in [4.78, 5) is 2.59. The Morgan fingerprint density at radius 1 is 0.789 bits per heavy atom. The van der Waals surface area contributed by atoms with Crippen molar-refractivity contribution in [1.82, 2.24) is 0 Å². The second-order valence-corrected chi connectivity index (χ2v) is 5.54. The van der Waals surface area contributed by atoms with Crippen LogP contribution in [0.5, 0.6) is 0 Å². The van der Waals surface area contributed by atoms with E-state index < -0.39 is 0 Å². The minimum Gasteiger partial charge on any atom is -0.371 e. The van der Waals surface area contributed by atoms with Gasteiger partial charge in [0, 0.05) is 18.8 Å². The highest BCUT2D eigenvalue weighted by molar-refractivity contribution is 5.52. The van der Waals surface area contributed by atoms with Crippen LogP contribution in [-0.4, -0.2) is 13.1 Å². The fourth-order valence-corrected chi connectivity index (χ4v) is 2.53. The van der Waals surface area contributed by atoms with Crippen molar-refractivity contribution in [2.45, 2.75) is 65.7 Å². The van der Waals surface area contributed by atoms with E-state index in [-0.39, 0.29) is 0 Å². The number of benzene rings is 1. The van der Waals surface area contributed by atoms with Gasteiger partial charge in [0.1, 0.15) is 0 Å². The van der Waals surface area contributed by atoms with Crippen molar-refractivity contribution in [1.29, 1.82) is 0 Å². The van der Waals surface area contributed by atoms with Crippen LogP contribution in [-0.2, 0) is 0 Å². The normalized spacial score (nSPS) is 10.7. The first-order valence-corrected chi connectivity index (χ1v) is 8.10. The van der Waals surface area contributed by atoms with E-state index in [0.29, 0.717) is 0 Å². The first-order valence-electron chi connectivity index (χ1n) is 8.10. The maximum Gasteiger partial charge on any atom is 0.0395 e. The van der Waals surface area contributed by atoms with Crippen LogP contribution in [0.3, 0.4) is 0 Å². The van der Waals surface area contributed by atoms with Crippen molar-refractivity contribution in [2.75, 3.05) is 18.0 Å². The highest BCUT2D eigenvalue weighted by Crippen LogP contribution is 2.20. The molecule has 1 aromatic carbocycles. The van der Waals surface area contributed by atoms with Gasteiger partial charge in [0.25, 0.3) is 0 Å². The van der Waals surface area contributed by atoms with Gasteiger partial charge in [-0.1, -0.05) is 64.2 Å². The van der Waals surface area contributed by atoms with Gasteiger partial charge in [-0.05, 0) is 31.4 Å². The quantitative estimate of drug-likeness (QED) is 0.497. The number of para-hydroxylation sites is 1. The molecule has 0 saturated carbocycles. The fourth-order valence-electron chi connectivity index (χ4n) is 2.53. The Kier molecular flexibility index (Phi) is 8.36. The van der Waals surface area contributed by atoms with Gasteiger partial charge >= 0.3 is 0 Å². The minimum atomic E-state index is 1.20. The van der Waals surface area contributed by atoms with Crippen molar-refractivity contribution in [3.05, 3.63) is 29.8 Å². The highest BCUT2D eigenvalue weighted by atomic mass is 15.1. The molecule has 0 unspecified atom stereocenters. The van der Waals surface area contributed by atoms with Crippen molar-refractivity contribution in [3.8, 4) is 0 Å². The van der Waals surface area contributed by atoms with E-state index in [1.54, 1.807) is 0 Å². The van der Waals surface area contributed by atoms with E-state index >= 15 is 0 Å². The van der Waals surface area contributed by atoms with Crippen LogP contribution >= 0.6 is 0 Å². The van der Waals surface area contributed by atoms with E-state index in [0.717, 1.165) is 0 Å². The third kappa shape index (κ3) is 6.13. The zero-order valence-electron chi connectivity index (χ0n) is 13.1. The molecule has 0 heterocycles. The molecule has 0 saturated heterocycles. The molecule has 1 nitrogen and oxygen atoms in total. The molecule has 1 aromatic rings. The summed E-state index contributed by atoms with van der Waals surface area (Å²) in [6.45, 7) is 9.20. The standard InChI is InChI=1S/C18H31N/c1-4-6-8-9-12-16-19(15-7-5-2)18-14-11-10-13-17(18)3/h10-11,13-14H,4-9,12,15-16H2,1-3H3. The van der Waals surface area contributed by atoms with Crippen LogP contribution in [0.2, 0.25) is 0 Å². The molecule has 0 bridgehead atoms. The fraction of sp³-hybridized carbons (Fsp3) is 0.667. The first kappa shape index (κ1) is 16.1. The lowest BCUT2D eigenvalue weighted by molar-refractivity contribution is 0.609. The van der Waals surface area contributed by atoms with E-state index in [1.807, 2.05) is 0 Å². The summed E-state index contributed by atoms with van der Waals surface area (Å²) in [5.41, 5.74) is 2.85. The lowest BCUT2D eigenvalue weighted by Crippen LogP contribution is -2.26. The number of unbranched alkanes of at least 4 members (excludes halogenated alkanes) is 5. The second-order valence-electron chi connectivity index (χ2n) is 5.54. The lowest BCUT2D eigenvalue weighted by Gasteiger charge is -2.26. The number of aryl methyl sites for hydroxylation is 1. The third-order valence-corrected chi connectivity index (χ3v) is 3.77. The van der Waals surface area contributed by atoms with Crippen molar-refractivity contribution in [3.63, 3.8) is 0 Å². The predicted octanol–water partition coefficient (Wildman–Crippen LogP) is 5.57. The van der Waals surface area contributed by atoms with E-state index in [4.69, 9.17) is 0 Å². The molecule has 0 aliphatic carbocycles.